The topological polar surface area (TPSA) is 0 Å². The van der Waals surface area contributed by atoms with Crippen LogP contribution in [0.25, 0.3) is 0 Å². The summed E-state index contributed by atoms with van der Waals surface area (Å²) in [5.74, 6) is 0. The fraction of sp³-hybridized carbons (Fsp3) is 0.188. The van der Waals surface area contributed by atoms with Crippen molar-refractivity contribution in [1.29, 1.82) is 0 Å². The molecular weight excluding hydrogens is 192 g/mol. The first-order valence-corrected chi connectivity index (χ1v) is 5.84. The minimum atomic E-state index is 0.252. The average molecular weight is 207 g/mol. The SMILES string of the molecule is [CH]1CC(c2ccccc2)(c2ccccc2)C1. The van der Waals surface area contributed by atoms with Crippen LogP contribution in [0.2, 0.25) is 0 Å². The molecule has 16 heavy (non-hydrogen) atoms. The Labute approximate surface area is 96.9 Å². The molecule has 0 atom stereocenters. The summed E-state index contributed by atoms with van der Waals surface area (Å²) < 4.78 is 0. The van der Waals surface area contributed by atoms with E-state index in [1.165, 1.54) is 24.0 Å². The highest BCUT2D eigenvalue weighted by molar-refractivity contribution is 5.43. The van der Waals surface area contributed by atoms with E-state index in [9.17, 15) is 0 Å². The maximum atomic E-state index is 2.38. The van der Waals surface area contributed by atoms with E-state index in [-0.39, 0.29) is 5.41 Å². The molecule has 1 fully saturated rings. The lowest BCUT2D eigenvalue weighted by Gasteiger charge is -2.43. The Bertz CT molecular complexity index is 410. The van der Waals surface area contributed by atoms with Crippen molar-refractivity contribution in [1.82, 2.24) is 0 Å². The van der Waals surface area contributed by atoms with Crippen LogP contribution in [0, 0.1) is 6.42 Å². The van der Waals surface area contributed by atoms with Crippen LogP contribution in [-0.4, -0.2) is 0 Å². The van der Waals surface area contributed by atoms with Gasteiger partial charge in [0.15, 0.2) is 0 Å². The molecule has 2 aromatic carbocycles. The second-order valence-corrected chi connectivity index (χ2v) is 4.51. The molecule has 0 saturated heterocycles. The molecule has 79 valence electrons. The van der Waals surface area contributed by atoms with E-state index in [2.05, 4.69) is 67.1 Å². The van der Waals surface area contributed by atoms with Crippen LogP contribution in [0.15, 0.2) is 60.7 Å². The van der Waals surface area contributed by atoms with Gasteiger partial charge in [-0.15, -0.1) is 0 Å². The third kappa shape index (κ3) is 1.37. The van der Waals surface area contributed by atoms with Gasteiger partial charge in [0.25, 0.3) is 0 Å². The van der Waals surface area contributed by atoms with Crippen LogP contribution >= 0.6 is 0 Å². The van der Waals surface area contributed by atoms with Crippen molar-refractivity contribution in [2.45, 2.75) is 18.3 Å². The van der Waals surface area contributed by atoms with Crippen LogP contribution in [0.5, 0.6) is 0 Å². The highest BCUT2D eigenvalue weighted by atomic mass is 14.4. The fourth-order valence-corrected chi connectivity index (χ4v) is 2.59. The lowest BCUT2D eigenvalue weighted by molar-refractivity contribution is 0.394. The summed E-state index contributed by atoms with van der Waals surface area (Å²) >= 11 is 0. The Morgan fingerprint density at radius 1 is 0.625 bits per heavy atom. The number of hydrogen-bond donors (Lipinski definition) is 0. The van der Waals surface area contributed by atoms with Gasteiger partial charge in [0.05, 0.1) is 0 Å². The van der Waals surface area contributed by atoms with Crippen molar-refractivity contribution in [3.8, 4) is 0 Å². The molecule has 1 aliphatic carbocycles. The molecule has 0 spiro atoms. The minimum Gasteiger partial charge on any atom is -0.0622 e. The maximum Gasteiger partial charge on any atom is 0.0208 e. The van der Waals surface area contributed by atoms with E-state index >= 15 is 0 Å². The predicted molar refractivity (Wildman–Crippen MR) is 67.2 cm³/mol. The molecule has 0 heterocycles. The zero-order valence-electron chi connectivity index (χ0n) is 9.27. The molecule has 2 aromatic rings. The lowest BCUT2D eigenvalue weighted by Crippen LogP contribution is -2.35. The zero-order chi connectivity index (χ0) is 10.8. The molecule has 0 bridgehead atoms. The van der Waals surface area contributed by atoms with Gasteiger partial charge in [-0.25, -0.2) is 0 Å². The Kier molecular flexibility index (Phi) is 2.28. The van der Waals surface area contributed by atoms with E-state index in [1.54, 1.807) is 0 Å². The normalized spacial score (nSPS) is 17.8. The van der Waals surface area contributed by atoms with Crippen molar-refractivity contribution in [3.05, 3.63) is 78.2 Å². The van der Waals surface area contributed by atoms with Crippen molar-refractivity contribution in [2.24, 2.45) is 0 Å². The largest absolute Gasteiger partial charge is 0.0622 e. The molecule has 0 unspecified atom stereocenters. The second-order valence-electron chi connectivity index (χ2n) is 4.51. The first kappa shape index (κ1) is 9.65. The predicted octanol–water partition coefficient (Wildman–Crippen LogP) is 3.97. The van der Waals surface area contributed by atoms with Gasteiger partial charge in [-0.2, -0.15) is 0 Å². The lowest BCUT2D eigenvalue weighted by atomic mass is 9.61. The van der Waals surface area contributed by atoms with Gasteiger partial charge >= 0.3 is 0 Å². The maximum absolute atomic E-state index is 2.38. The summed E-state index contributed by atoms with van der Waals surface area (Å²) in [5.41, 5.74) is 3.15. The van der Waals surface area contributed by atoms with Gasteiger partial charge in [0, 0.05) is 5.41 Å². The standard InChI is InChI=1S/C16H15/c1-3-8-14(9-4-1)16(12-7-13-16)15-10-5-2-6-11-15/h1-11H,12-13H2. The molecule has 0 amide bonds. The Morgan fingerprint density at radius 2 is 1.06 bits per heavy atom. The average Bonchev–Trinajstić information content (AvgIpc) is 2.31. The number of rotatable bonds is 2. The molecular formula is C16H15. The van der Waals surface area contributed by atoms with Crippen molar-refractivity contribution in [2.75, 3.05) is 0 Å². The molecule has 0 N–H and O–H groups in total. The van der Waals surface area contributed by atoms with E-state index in [0.29, 0.717) is 0 Å². The molecule has 0 nitrogen and oxygen atoms in total. The zero-order valence-corrected chi connectivity index (χ0v) is 9.27. The smallest absolute Gasteiger partial charge is 0.0208 e. The highest BCUT2D eigenvalue weighted by Gasteiger charge is 2.39. The van der Waals surface area contributed by atoms with Crippen LogP contribution < -0.4 is 0 Å². The van der Waals surface area contributed by atoms with Crippen LogP contribution in [0.4, 0.5) is 0 Å². The summed E-state index contributed by atoms with van der Waals surface area (Å²) in [6, 6.07) is 21.7. The minimum absolute atomic E-state index is 0.252. The van der Waals surface area contributed by atoms with Gasteiger partial charge in [0.1, 0.15) is 0 Å². The molecule has 0 heteroatoms. The number of benzene rings is 2. The van der Waals surface area contributed by atoms with E-state index in [0.717, 1.165) is 0 Å². The molecule has 1 radical (unpaired) electrons. The van der Waals surface area contributed by atoms with Gasteiger partial charge in [-0.3, -0.25) is 0 Å². The highest BCUT2D eigenvalue weighted by Crippen LogP contribution is 2.48. The van der Waals surface area contributed by atoms with Crippen LogP contribution in [-0.2, 0) is 5.41 Å². The quantitative estimate of drug-likeness (QED) is 0.699. The first-order valence-electron chi connectivity index (χ1n) is 5.84. The first-order chi connectivity index (χ1) is 7.92. The van der Waals surface area contributed by atoms with Crippen molar-refractivity contribution in [3.63, 3.8) is 0 Å². The summed E-state index contributed by atoms with van der Waals surface area (Å²) in [4.78, 5) is 0. The fourth-order valence-electron chi connectivity index (χ4n) is 2.59. The van der Waals surface area contributed by atoms with Crippen molar-refractivity contribution >= 4 is 0 Å². The third-order valence-corrected chi connectivity index (χ3v) is 3.64. The van der Waals surface area contributed by atoms with Crippen LogP contribution in [0.3, 0.4) is 0 Å². The third-order valence-electron chi connectivity index (χ3n) is 3.64. The summed E-state index contributed by atoms with van der Waals surface area (Å²) in [7, 11) is 0. The monoisotopic (exact) mass is 207 g/mol. The van der Waals surface area contributed by atoms with E-state index < -0.39 is 0 Å². The number of hydrogen-bond acceptors (Lipinski definition) is 0. The second kappa shape index (κ2) is 3.79. The van der Waals surface area contributed by atoms with E-state index in [4.69, 9.17) is 0 Å². The van der Waals surface area contributed by atoms with Gasteiger partial charge in [0.2, 0.25) is 0 Å². The summed E-state index contributed by atoms with van der Waals surface area (Å²) in [5, 5.41) is 0. The van der Waals surface area contributed by atoms with Crippen LogP contribution in [0.1, 0.15) is 24.0 Å². The van der Waals surface area contributed by atoms with Gasteiger partial charge < -0.3 is 0 Å². The Hall–Kier alpha value is -1.56. The molecule has 1 aliphatic rings. The molecule has 1 saturated carbocycles. The van der Waals surface area contributed by atoms with Gasteiger partial charge in [-0.1, -0.05) is 60.7 Å². The molecule has 0 aliphatic heterocycles. The Morgan fingerprint density at radius 3 is 1.38 bits per heavy atom. The summed E-state index contributed by atoms with van der Waals surface area (Å²) in [6.07, 6.45) is 4.71. The summed E-state index contributed by atoms with van der Waals surface area (Å²) in [6.45, 7) is 0. The van der Waals surface area contributed by atoms with Crippen molar-refractivity contribution < 1.29 is 0 Å². The molecule has 3 rings (SSSR count). The Balaban J connectivity index is 2.08. The van der Waals surface area contributed by atoms with Gasteiger partial charge in [-0.05, 0) is 30.4 Å². The van der Waals surface area contributed by atoms with E-state index in [1.807, 2.05) is 0 Å². The molecule has 0 aromatic heterocycles.